The quantitative estimate of drug-likeness (QED) is 0.632. The van der Waals surface area contributed by atoms with E-state index in [0.29, 0.717) is 12.5 Å². The zero-order valence-electron chi connectivity index (χ0n) is 15.6. The molecule has 2 fully saturated rings. The predicted octanol–water partition coefficient (Wildman–Crippen LogP) is 2.12. The van der Waals surface area contributed by atoms with Gasteiger partial charge in [-0.1, -0.05) is 6.07 Å². The molecule has 1 unspecified atom stereocenters. The molecule has 0 amide bonds. The highest BCUT2D eigenvalue weighted by Gasteiger charge is 2.24. The van der Waals surface area contributed by atoms with E-state index in [2.05, 4.69) is 39.2 Å². The monoisotopic (exact) mass is 345 g/mol. The third-order valence-corrected chi connectivity index (χ3v) is 4.97. The van der Waals surface area contributed by atoms with E-state index in [1.54, 1.807) is 7.11 Å². The Balaban J connectivity index is 1.59. The van der Waals surface area contributed by atoms with Crippen molar-refractivity contribution in [3.8, 4) is 0 Å². The van der Waals surface area contributed by atoms with Crippen LogP contribution in [0.2, 0.25) is 0 Å². The van der Waals surface area contributed by atoms with Crippen molar-refractivity contribution in [3.63, 3.8) is 0 Å². The molecule has 0 radical (unpaired) electrons. The largest absolute Gasteiger partial charge is 0.384 e. The minimum Gasteiger partial charge on any atom is -0.384 e. The number of methoxy groups -OCH3 is 1. The van der Waals surface area contributed by atoms with Gasteiger partial charge in [-0.05, 0) is 37.8 Å². The molecule has 138 valence electrons. The summed E-state index contributed by atoms with van der Waals surface area (Å²) in [5.41, 5.74) is 1.16. The Morgan fingerprint density at radius 2 is 2.16 bits per heavy atom. The number of aromatic nitrogens is 1. The maximum atomic E-state index is 5.30. The first-order chi connectivity index (χ1) is 12.3. The van der Waals surface area contributed by atoms with Crippen LogP contribution in [0.5, 0.6) is 0 Å². The van der Waals surface area contributed by atoms with Crippen molar-refractivity contribution < 1.29 is 4.74 Å². The molecule has 2 aliphatic rings. The van der Waals surface area contributed by atoms with Crippen LogP contribution in [0.15, 0.2) is 23.3 Å². The van der Waals surface area contributed by atoms with Crippen LogP contribution in [-0.4, -0.2) is 62.3 Å². The Bertz CT molecular complexity index is 553. The van der Waals surface area contributed by atoms with E-state index >= 15 is 0 Å². The third kappa shape index (κ3) is 4.84. The van der Waals surface area contributed by atoms with Crippen LogP contribution in [0.1, 0.15) is 31.7 Å². The second-order valence-corrected chi connectivity index (χ2v) is 6.95. The lowest BCUT2D eigenvalue weighted by Crippen LogP contribution is -2.40. The first-order valence-electron chi connectivity index (χ1n) is 9.52. The fraction of sp³-hybridized carbons (Fsp3) is 0.684. The van der Waals surface area contributed by atoms with Crippen molar-refractivity contribution >= 4 is 11.8 Å². The number of likely N-dealkylation sites (tertiary alicyclic amines) is 1. The van der Waals surface area contributed by atoms with Crippen molar-refractivity contribution in [1.29, 1.82) is 0 Å². The van der Waals surface area contributed by atoms with Crippen LogP contribution >= 0.6 is 0 Å². The lowest BCUT2D eigenvalue weighted by atomic mass is 10.1. The molecule has 1 atom stereocenters. The summed E-state index contributed by atoms with van der Waals surface area (Å²) in [7, 11) is 1.78. The van der Waals surface area contributed by atoms with Gasteiger partial charge < -0.3 is 19.9 Å². The molecule has 0 bridgehead atoms. The maximum Gasteiger partial charge on any atom is 0.194 e. The molecule has 0 spiro atoms. The Hall–Kier alpha value is -1.82. The van der Waals surface area contributed by atoms with Crippen LogP contribution in [0.3, 0.4) is 0 Å². The fourth-order valence-corrected chi connectivity index (χ4v) is 3.63. The molecule has 2 aliphatic heterocycles. The van der Waals surface area contributed by atoms with Crippen molar-refractivity contribution in [3.05, 3.63) is 23.9 Å². The van der Waals surface area contributed by atoms with Gasteiger partial charge in [-0.3, -0.25) is 0 Å². The molecule has 25 heavy (non-hydrogen) atoms. The van der Waals surface area contributed by atoms with E-state index in [1.807, 2.05) is 6.20 Å². The Morgan fingerprint density at radius 1 is 1.32 bits per heavy atom. The summed E-state index contributed by atoms with van der Waals surface area (Å²) in [4.78, 5) is 14.2. The number of anilines is 1. The van der Waals surface area contributed by atoms with E-state index in [0.717, 1.165) is 56.7 Å². The van der Waals surface area contributed by atoms with Crippen LogP contribution in [0.4, 0.5) is 5.82 Å². The van der Waals surface area contributed by atoms with Gasteiger partial charge in [0.25, 0.3) is 0 Å². The number of nitrogens with one attached hydrogen (secondary N) is 1. The standard InChI is InChI=1S/C19H31N5O/c1-3-20-19(24-11-8-17(14-24)15-25-2)22-13-16-6-7-18(21-12-16)23-9-4-5-10-23/h6-7,12,17H,3-5,8-11,13-15H2,1-2H3,(H,20,22). The van der Waals surface area contributed by atoms with Crippen LogP contribution in [0.25, 0.3) is 0 Å². The number of ether oxygens (including phenoxy) is 1. The Kier molecular flexibility index (Phi) is 6.50. The summed E-state index contributed by atoms with van der Waals surface area (Å²) in [6, 6.07) is 4.29. The van der Waals surface area contributed by atoms with E-state index in [9.17, 15) is 0 Å². The molecule has 0 saturated carbocycles. The van der Waals surface area contributed by atoms with Gasteiger partial charge in [0.05, 0.1) is 13.2 Å². The highest BCUT2D eigenvalue weighted by atomic mass is 16.5. The molecule has 2 saturated heterocycles. The van der Waals surface area contributed by atoms with Gasteiger partial charge in [0, 0.05) is 51.9 Å². The number of pyridine rings is 1. The van der Waals surface area contributed by atoms with Crippen molar-refractivity contribution in [2.75, 3.05) is 51.3 Å². The van der Waals surface area contributed by atoms with Crippen LogP contribution in [-0.2, 0) is 11.3 Å². The second kappa shape index (κ2) is 9.04. The molecular weight excluding hydrogens is 314 g/mol. The summed E-state index contributed by atoms with van der Waals surface area (Å²) >= 11 is 0. The normalized spacial score (nSPS) is 21.2. The van der Waals surface area contributed by atoms with E-state index in [-0.39, 0.29) is 0 Å². The average Bonchev–Trinajstić information content (AvgIpc) is 3.31. The highest BCUT2D eigenvalue weighted by Crippen LogP contribution is 2.19. The van der Waals surface area contributed by atoms with Crippen LogP contribution < -0.4 is 10.2 Å². The summed E-state index contributed by atoms with van der Waals surface area (Å²) in [6.07, 6.45) is 5.70. The zero-order chi connectivity index (χ0) is 17.5. The highest BCUT2D eigenvalue weighted by molar-refractivity contribution is 5.80. The first kappa shape index (κ1) is 18.0. The third-order valence-electron chi connectivity index (χ3n) is 4.97. The lowest BCUT2D eigenvalue weighted by molar-refractivity contribution is 0.157. The number of nitrogens with zero attached hydrogens (tertiary/aromatic N) is 4. The molecular formula is C19H31N5O. The average molecular weight is 345 g/mol. The van der Waals surface area contributed by atoms with Gasteiger partial charge in [-0.25, -0.2) is 9.98 Å². The van der Waals surface area contributed by atoms with E-state index in [1.165, 1.54) is 19.3 Å². The number of hydrogen-bond donors (Lipinski definition) is 1. The molecule has 6 nitrogen and oxygen atoms in total. The second-order valence-electron chi connectivity index (χ2n) is 6.95. The summed E-state index contributed by atoms with van der Waals surface area (Å²) in [6.45, 7) is 8.83. The van der Waals surface area contributed by atoms with E-state index in [4.69, 9.17) is 9.73 Å². The lowest BCUT2D eigenvalue weighted by Gasteiger charge is -2.21. The van der Waals surface area contributed by atoms with Crippen molar-refractivity contribution in [1.82, 2.24) is 15.2 Å². The van der Waals surface area contributed by atoms with Gasteiger partial charge in [0.15, 0.2) is 5.96 Å². The smallest absolute Gasteiger partial charge is 0.194 e. The molecule has 1 aromatic rings. The molecule has 1 N–H and O–H groups in total. The maximum absolute atomic E-state index is 5.30. The fourth-order valence-electron chi connectivity index (χ4n) is 3.63. The number of hydrogen-bond acceptors (Lipinski definition) is 4. The SMILES string of the molecule is CCNC(=NCc1ccc(N2CCCC2)nc1)N1CCC(COC)C1. The van der Waals surface area contributed by atoms with E-state index < -0.39 is 0 Å². The topological polar surface area (TPSA) is 53.0 Å². The summed E-state index contributed by atoms with van der Waals surface area (Å²) in [5.74, 6) is 2.71. The van der Waals surface area contributed by atoms with Gasteiger partial charge >= 0.3 is 0 Å². The summed E-state index contributed by atoms with van der Waals surface area (Å²) < 4.78 is 5.30. The molecule has 3 heterocycles. The number of aliphatic imine (C=N–C) groups is 1. The van der Waals surface area contributed by atoms with Gasteiger partial charge in [0.1, 0.15) is 5.82 Å². The molecule has 6 heteroatoms. The van der Waals surface area contributed by atoms with Crippen molar-refractivity contribution in [2.45, 2.75) is 32.7 Å². The number of guanidine groups is 1. The van der Waals surface area contributed by atoms with Crippen LogP contribution in [0, 0.1) is 5.92 Å². The molecule has 3 rings (SSSR count). The summed E-state index contributed by atoms with van der Waals surface area (Å²) in [5, 5.41) is 3.42. The molecule has 0 aliphatic carbocycles. The first-order valence-corrected chi connectivity index (χ1v) is 9.52. The zero-order valence-corrected chi connectivity index (χ0v) is 15.6. The minimum absolute atomic E-state index is 0.607. The Morgan fingerprint density at radius 3 is 2.84 bits per heavy atom. The van der Waals surface area contributed by atoms with Gasteiger partial charge in [-0.15, -0.1) is 0 Å². The van der Waals surface area contributed by atoms with Crippen molar-refractivity contribution in [2.24, 2.45) is 10.9 Å². The minimum atomic E-state index is 0.607. The molecule has 1 aromatic heterocycles. The number of rotatable bonds is 6. The Labute approximate surface area is 151 Å². The molecule has 0 aromatic carbocycles. The van der Waals surface area contributed by atoms with Gasteiger partial charge in [0.2, 0.25) is 0 Å². The van der Waals surface area contributed by atoms with Gasteiger partial charge in [-0.2, -0.15) is 0 Å². The predicted molar refractivity (Wildman–Crippen MR) is 102 cm³/mol.